The monoisotopic (exact) mass is 325 g/mol. The Hall–Kier alpha value is -1.86. The van der Waals surface area contributed by atoms with E-state index in [2.05, 4.69) is 15.5 Å². The Morgan fingerprint density at radius 3 is 2.87 bits per heavy atom. The predicted molar refractivity (Wildman–Crippen MR) is 78.7 cm³/mol. The molecule has 2 aromatic rings. The van der Waals surface area contributed by atoms with Crippen molar-refractivity contribution in [1.82, 2.24) is 15.5 Å². The van der Waals surface area contributed by atoms with Gasteiger partial charge in [-0.15, -0.1) is 0 Å². The van der Waals surface area contributed by atoms with Crippen LogP contribution in [-0.4, -0.2) is 21.9 Å². The van der Waals surface area contributed by atoms with E-state index in [0.717, 1.165) is 42.8 Å². The number of alkyl halides is 3. The van der Waals surface area contributed by atoms with Gasteiger partial charge in [0.05, 0.1) is 23.9 Å². The van der Waals surface area contributed by atoms with E-state index in [1.54, 1.807) is 6.07 Å². The summed E-state index contributed by atoms with van der Waals surface area (Å²) in [6, 6.07) is 4.47. The van der Waals surface area contributed by atoms with Crippen LogP contribution in [0.3, 0.4) is 0 Å². The third-order valence-corrected chi connectivity index (χ3v) is 4.21. The van der Waals surface area contributed by atoms with Gasteiger partial charge in [-0.1, -0.05) is 12.1 Å². The number of nitrogens with zero attached hydrogens (tertiary/aromatic N) is 1. The first-order chi connectivity index (χ1) is 11.0. The number of hydrogen-bond acceptors (Lipinski definition) is 3. The fraction of sp³-hybridized carbons (Fsp3) is 0.438. The number of benzene rings is 1. The topological polar surface area (TPSA) is 60.9 Å². The van der Waals surface area contributed by atoms with Crippen LogP contribution in [0.2, 0.25) is 0 Å². The summed E-state index contributed by atoms with van der Waals surface area (Å²) in [5, 5.41) is 19.9. The quantitative estimate of drug-likeness (QED) is 0.792. The van der Waals surface area contributed by atoms with Crippen LogP contribution in [0, 0.1) is 0 Å². The summed E-state index contributed by atoms with van der Waals surface area (Å²) in [6.45, 7) is 0.126. The Morgan fingerprint density at radius 1 is 1.30 bits per heavy atom. The van der Waals surface area contributed by atoms with Gasteiger partial charge >= 0.3 is 6.18 Å². The lowest BCUT2D eigenvalue weighted by Gasteiger charge is -2.18. The zero-order valence-electron chi connectivity index (χ0n) is 12.5. The first-order valence-electron chi connectivity index (χ1n) is 7.55. The molecule has 0 radical (unpaired) electrons. The van der Waals surface area contributed by atoms with Crippen molar-refractivity contribution in [3.8, 4) is 0 Å². The minimum atomic E-state index is -4.39. The Bertz CT molecular complexity index is 681. The number of nitrogens with one attached hydrogen (secondary N) is 2. The van der Waals surface area contributed by atoms with Crippen molar-refractivity contribution in [1.29, 1.82) is 0 Å². The fourth-order valence-corrected chi connectivity index (χ4v) is 2.97. The normalized spacial score (nSPS) is 15.7. The predicted octanol–water partition coefficient (Wildman–Crippen LogP) is 2.74. The highest BCUT2D eigenvalue weighted by Crippen LogP contribution is 2.31. The van der Waals surface area contributed by atoms with Gasteiger partial charge < -0.3 is 10.4 Å². The molecule has 7 heteroatoms. The molecule has 3 N–H and O–H groups in total. The van der Waals surface area contributed by atoms with Gasteiger partial charge in [-0.05, 0) is 42.5 Å². The average molecular weight is 325 g/mol. The van der Waals surface area contributed by atoms with E-state index >= 15 is 0 Å². The van der Waals surface area contributed by atoms with Gasteiger partial charge in [0.2, 0.25) is 0 Å². The molecule has 1 aromatic heterocycles. The molecule has 1 aromatic carbocycles. The summed E-state index contributed by atoms with van der Waals surface area (Å²) >= 11 is 0. The zero-order valence-corrected chi connectivity index (χ0v) is 12.5. The molecular weight excluding hydrogens is 307 g/mol. The number of aliphatic hydroxyl groups is 1. The fourth-order valence-electron chi connectivity index (χ4n) is 2.97. The lowest BCUT2D eigenvalue weighted by atomic mass is 10.0. The average Bonchev–Trinajstić information content (AvgIpc) is 3.12. The van der Waals surface area contributed by atoms with Crippen LogP contribution in [0.25, 0.3) is 0 Å². The smallest absolute Gasteiger partial charge is 0.394 e. The maximum Gasteiger partial charge on any atom is 0.416 e. The summed E-state index contributed by atoms with van der Waals surface area (Å²) in [5.74, 6) is 0. The van der Waals surface area contributed by atoms with Crippen LogP contribution >= 0.6 is 0 Å². The van der Waals surface area contributed by atoms with Crippen molar-refractivity contribution in [3.05, 3.63) is 52.3 Å². The lowest BCUT2D eigenvalue weighted by Crippen LogP contribution is -2.25. The van der Waals surface area contributed by atoms with Crippen molar-refractivity contribution in [3.63, 3.8) is 0 Å². The Morgan fingerprint density at radius 2 is 2.13 bits per heavy atom. The van der Waals surface area contributed by atoms with Crippen LogP contribution < -0.4 is 5.32 Å². The number of fused-ring (bicyclic) bond motifs is 1. The first kappa shape index (κ1) is 16.0. The van der Waals surface area contributed by atoms with Gasteiger partial charge in [0.15, 0.2) is 0 Å². The summed E-state index contributed by atoms with van der Waals surface area (Å²) in [5.41, 5.74) is 2.91. The van der Waals surface area contributed by atoms with E-state index in [4.69, 9.17) is 0 Å². The molecule has 3 rings (SSSR count). The van der Waals surface area contributed by atoms with E-state index < -0.39 is 17.8 Å². The number of aromatic nitrogens is 2. The lowest BCUT2D eigenvalue weighted by molar-refractivity contribution is -0.137. The van der Waals surface area contributed by atoms with E-state index in [1.165, 1.54) is 11.6 Å². The molecule has 0 amide bonds. The Kier molecular flexibility index (Phi) is 4.41. The van der Waals surface area contributed by atoms with Crippen LogP contribution in [0.4, 0.5) is 13.2 Å². The molecule has 0 spiro atoms. The summed E-state index contributed by atoms with van der Waals surface area (Å²) in [6.07, 6.45) is -1.34. The molecule has 124 valence electrons. The molecule has 4 nitrogen and oxygen atoms in total. The molecule has 1 aliphatic rings. The van der Waals surface area contributed by atoms with E-state index in [0.29, 0.717) is 12.1 Å². The molecule has 0 bridgehead atoms. The molecule has 0 saturated heterocycles. The minimum absolute atomic E-state index is 0.284. The van der Waals surface area contributed by atoms with Crippen LogP contribution in [0.5, 0.6) is 0 Å². The molecule has 1 aliphatic carbocycles. The molecule has 0 aliphatic heterocycles. The van der Waals surface area contributed by atoms with Gasteiger partial charge in [-0.3, -0.25) is 5.10 Å². The van der Waals surface area contributed by atoms with Gasteiger partial charge in [0.1, 0.15) is 0 Å². The van der Waals surface area contributed by atoms with Crippen LogP contribution in [0.15, 0.2) is 24.3 Å². The van der Waals surface area contributed by atoms with Gasteiger partial charge in [0, 0.05) is 12.2 Å². The number of H-pyrrole nitrogens is 1. The maximum absolute atomic E-state index is 12.8. The molecule has 1 heterocycles. The van der Waals surface area contributed by atoms with E-state index in [9.17, 15) is 18.3 Å². The summed E-state index contributed by atoms with van der Waals surface area (Å²) in [7, 11) is 0. The van der Waals surface area contributed by atoms with Crippen LogP contribution in [0.1, 0.15) is 40.5 Å². The van der Waals surface area contributed by atoms with Gasteiger partial charge in [-0.25, -0.2) is 0 Å². The van der Waals surface area contributed by atoms with Crippen LogP contribution in [-0.2, 0) is 25.6 Å². The molecule has 1 atom stereocenters. The van der Waals surface area contributed by atoms with Crippen molar-refractivity contribution >= 4 is 0 Å². The number of aliphatic hydroxyl groups excluding tert-OH is 1. The number of hydrogen-bond donors (Lipinski definition) is 3. The minimum Gasteiger partial charge on any atom is -0.394 e. The Labute approximate surface area is 131 Å². The standard InChI is InChI=1S/C16H18F3N3O/c17-16(18,19)11-4-1-3-10(7-11)15(9-23)20-8-14-12-5-2-6-13(12)21-22-14/h1,3-4,7,15,20,23H,2,5-6,8-9H2,(H,21,22). The Balaban J connectivity index is 1.73. The highest BCUT2D eigenvalue weighted by molar-refractivity contribution is 5.30. The SMILES string of the molecule is OCC(NCc1n[nH]c2c1CCC2)c1cccc(C(F)(F)F)c1. The van der Waals surface area contributed by atoms with Crippen molar-refractivity contribution in [2.24, 2.45) is 0 Å². The first-order valence-corrected chi connectivity index (χ1v) is 7.55. The second kappa shape index (κ2) is 6.33. The van der Waals surface area contributed by atoms with Crippen molar-refractivity contribution in [2.75, 3.05) is 6.61 Å². The van der Waals surface area contributed by atoms with Crippen molar-refractivity contribution in [2.45, 2.75) is 38.0 Å². The zero-order chi connectivity index (χ0) is 16.4. The maximum atomic E-state index is 12.8. The number of halogens is 3. The molecule has 1 unspecified atom stereocenters. The largest absolute Gasteiger partial charge is 0.416 e. The highest BCUT2D eigenvalue weighted by Gasteiger charge is 2.31. The highest BCUT2D eigenvalue weighted by atomic mass is 19.4. The number of rotatable bonds is 5. The number of aromatic amines is 1. The molecule has 0 fully saturated rings. The second-order valence-corrected chi connectivity index (χ2v) is 5.72. The molecular formula is C16H18F3N3O. The van der Waals surface area contributed by atoms with Gasteiger partial charge in [-0.2, -0.15) is 18.3 Å². The van der Waals surface area contributed by atoms with E-state index in [-0.39, 0.29) is 6.61 Å². The van der Waals surface area contributed by atoms with Crippen molar-refractivity contribution < 1.29 is 18.3 Å². The van der Waals surface area contributed by atoms with E-state index in [1.807, 2.05) is 0 Å². The summed E-state index contributed by atoms with van der Waals surface area (Å²) < 4.78 is 38.4. The number of aryl methyl sites for hydroxylation is 1. The third-order valence-electron chi connectivity index (χ3n) is 4.21. The second-order valence-electron chi connectivity index (χ2n) is 5.72. The van der Waals surface area contributed by atoms with Gasteiger partial charge in [0.25, 0.3) is 0 Å². The third kappa shape index (κ3) is 3.40. The summed E-state index contributed by atoms with van der Waals surface area (Å²) in [4.78, 5) is 0. The molecule has 0 saturated carbocycles. The molecule has 23 heavy (non-hydrogen) atoms.